The summed E-state index contributed by atoms with van der Waals surface area (Å²) in [5.41, 5.74) is 4.81. The highest BCUT2D eigenvalue weighted by Crippen LogP contribution is 2.22. The quantitative estimate of drug-likeness (QED) is 0.506. The van der Waals surface area contributed by atoms with Gasteiger partial charge in [-0.25, -0.2) is 4.99 Å². The van der Waals surface area contributed by atoms with E-state index in [1.54, 1.807) is 0 Å². The Hall–Kier alpha value is -2.39. The largest absolute Gasteiger partial charge is 0.356 e. The lowest BCUT2D eigenvalue weighted by Crippen LogP contribution is -2.45. The Bertz CT molecular complexity index is 802. The molecule has 28 heavy (non-hydrogen) atoms. The van der Waals surface area contributed by atoms with Gasteiger partial charge in [0.05, 0.1) is 0 Å². The van der Waals surface area contributed by atoms with Crippen LogP contribution in [0, 0.1) is 6.92 Å². The maximum atomic E-state index is 4.92. The van der Waals surface area contributed by atoms with Crippen molar-refractivity contribution < 1.29 is 0 Å². The normalized spacial score (nSPS) is 16.2. The van der Waals surface area contributed by atoms with Gasteiger partial charge in [-0.3, -0.25) is 4.90 Å². The lowest BCUT2D eigenvalue weighted by molar-refractivity contribution is 0.159. The van der Waals surface area contributed by atoms with Crippen LogP contribution in [0.2, 0.25) is 0 Å². The second-order valence-corrected chi connectivity index (χ2v) is 7.77. The van der Waals surface area contributed by atoms with Crippen molar-refractivity contribution in [3.05, 3.63) is 83.6 Å². The molecular formula is C25H33N3. The third-order valence-electron chi connectivity index (χ3n) is 5.75. The van der Waals surface area contributed by atoms with Crippen molar-refractivity contribution in [3.8, 4) is 0 Å². The van der Waals surface area contributed by atoms with Crippen molar-refractivity contribution in [2.45, 2.75) is 45.7 Å². The van der Waals surface area contributed by atoms with Crippen LogP contribution < -0.4 is 0 Å². The minimum atomic E-state index is 0.509. The summed E-state index contributed by atoms with van der Waals surface area (Å²) in [6.45, 7) is 11.7. The molecule has 3 nitrogen and oxygen atoms in total. The van der Waals surface area contributed by atoms with E-state index in [0.717, 1.165) is 50.4 Å². The van der Waals surface area contributed by atoms with Crippen molar-refractivity contribution in [3.63, 3.8) is 0 Å². The Morgan fingerprint density at radius 1 is 1.07 bits per heavy atom. The molecule has 0 aromatic heterocycles. The molecule has 1 aliphatic heterocycles. The Morgan fingerprint density at radius 2 is 1.71 bits per heavy atom. The van der Waals surface area contributed by atoms with Crippen molar-refractivity contribution >= 4 is 5.84 Å². The molecule has 2 aromatic carbocycles. The van der Waals surface area contributed by atoms with Gasteiger partial charge in [0.1, 0.15) is 5.84 Å². The summed E-state index contributed by atoms with van der Waals surface area (Å²) in [7, 11) is 2.20. The van der Waals surface area contributed by atoms with Crippen LogP contribution in [0.5, 0.6) is 0 Å². The third-order valence-corrected chi connectivity index (χ3v) is 5.75. The number of allylic oxidation sites excluding steroid dienone is 1. The molecule has 2 aromatic rings. The first kappa shape index (κ1) is 20.3. The van der Waals surface area contributed by atoms with Crippen LogP contribution in [0.15, 0.2) is 71.9 Å². The number of nitrogens with zero attached hydrogens (tertiary/aromatic N) is 3. The predicted molar refractivity (Wildman–Crippen MR) is 120 cm³/mol. The maximum Gasteiger partial charge on any atom is 0.136 e. The number of benzene rings is 2. The molecule has 0 N–H and O–H groups in total. The second kappa shape index (κ2) is 9.70. The number of aryl methyl sites for hydroxylation is 1. The lowest BCUT2D eigenvalue weighted by Gasteiger charge is -2.38. The van der Waals surface area contributed by atoms with E-state index < -0.39 is 0 Å². The zero-order chi connectivity index (χ0) is 19.9. The highest BCUT2D eigenvalue weighted by molar-refractivity contribution is 6.00. The molecule has 0 aliphatic carbocycles. The first-order valence-corrected chi connectivity index (χ1v) is 10.4. The molecule has 3 rings (SSSR count). The molecule has 0 bridgehead atoms. The smallest absolute Gasteiger partial charge is 0.136 e. The van der Waals surface area contributed by atoms with Crippen molar-refractivity contribution in [2.24, 2.45) is 4.99 Å². The first-order valence-electron chi connectivity index (χ1n) is 10.4. The average Bonchev–Trinajstić information content (AvgIpc) is 2.73. The third kappa shape index (κ3) is 5.11. The van der Waals surface area contributed by atoms with Crippen molar-refractivity contribution in [1.82, 2.24) is 9.80 Å². The molecule has 0 atom stereocenters. The summed E-state index contributed by atoms with van der Waals surface area (Å²) in [6.07, 6.45) is 3.19. The Morgan fingerprint density at radius 3 is 2.36 bits per heavy atom. The first-order chi connectivity index (χ1) is 13.6. The van der Waals surface area contributed by atoms with Gasteiger partial charge in [-0.05, 0) is 37.3 Å². The summed E-state index contributed by atoms with van der Waals surface area (Å²) < 4.78 is 0. The van der Waals surface area contributed by atoms with E-state index in [4.69, 9.17) is 4.99 Å². The van der Waals surface area contributed by atoms with Crippen LogP contribution in [0.1, 0.15) is 42.9 Å². The minimum absolute atomic E-state index is 0.509. The summed E-state index contributed by atoms with van der Waals surface area (Å²) in [5, 5.41) is 0. The summed E-state index contributed by atoms with van der Waals surface area (Å²) in [6, 6.07) is 19.8. The van der Waals surface area contributed by atoms with E-state index in [1.807, 2.05) is 0 Å². The maximum absolute atomic E-state index is 4.92. The van der Waals surface area contributed by atoms with Crippen LogP contribution in [-0.2, 0) is 6.54 Å². The van der Waals surface area contributed by atoms with Crippen LogP contribution in [0.25, 0.3) is 0 Å². The van der Waals surface area contributed by atoms with E-state index in [2.05, 4.69) is 91.9 Å². The number of aliphatic imine (C=N–C) groups is 1. The molecule has 0 radical (unpaired) electrons. The molecule has 148 valence electrons. The van der Waals surface area contributed by atoms with E-state index in [-0.39, 0.29) is 0 Å². The fraction of sp³-hybridized carbons (Fsp3) is 0.400. The van der Waals surface area contributed by atoms with Gasteiger partial charge in [-0.2, -0.15) is 0 Å². The topological polar surface area (TPSA) is 18.8 Å². The van der Waals surface area contributed by atoms with Gasteiger partial charge in [0.2, 0.25) is 0 Å². The summed E-state index contributed by atoms with van der Waals surface area (Å²) in [4.78, 5) is 9.88. The molecule has 1 aliphatic rings. The molecule has 0 saturated carbocycles. The number of rotatable bonds is 6. The summed E-state index contributed by atoms with van der Waals surface area (Å²) >= 11 is 0. The Balaban J connectivity index is 1.70. The fourth-order valence-electron chi connectivity index (χ4n) is 3.86. The molecule has 0 spiro atoms. The van der Waals surface area contributed by atoms with Crippen molar-refractivity contribution in [1.29, 1.82) is 0 Å². The fourth-order valence-corrected chi connectivity index (χ4v) is 3.86. The molecule has 0 unspecified atom stereocenters. The van der Waals surface area contributed by atoms with E-state index in [1.165, 1.54) is 16.7 Å². The monoisotopic (exact) mass is 375 g/mol. The molecule has 3 heteroatoms. The molecule has 1 saturated heterocycles. The molecule has 1 heterocycles. The van der Waals surface area contributed by atoms with E-state index in [0.29, 0.717) is 6.04 Å². The highest BCUT2D eigenvalue weighted by atomic mass is 15.2. The van der Waals surface area contributed by atoms with Gasteiger partial charge < -0.3 is 4.90 Å². The van der Waals surface area contributed by atoms with Gasteiger partial charge in [0.25, 0.3) is 0 Å². The number of likely N-dealkylation sites (tertiary alicyclic amines) is 1. The van der Waals surface area contributed by atoms with Crippen LogP contribution >= 0.6 is 0 Å². The van der Waals surface area contributed by atoms with Crippen LogP contribution in [-0.4, -0.2) is 41.8 Å². The number of piperidine rings is 1. The minimum Gasteiger partial charge on any atom is -0.356 e. The molecule has 0 amide bonds. The second-order valence-electron chi connectivity index (χ2n) is 7.77. The lowest BCUT2D eigenvalue weighted by atomic mass is 10.0. The number of hydrogen-bond donors (Lipinski definition) is 0. The SMILES string of the molecule is C=C(CC)N=C(c1ccccc1C)N(C)C1CCN(Cc2ccccc2)CC1. The number of amidine groups is 1. The Labute approximate surface area is 170 Å². The van der Waals surface area contributed by atoms with Gasteiger partial charge in [0, 0.05) is 44.0 Å². The van der Waals surface area contributed by atoms with Gasteiger partial charge in [-0.15, -0.1) is 0 Å². The standard InChI is InChI=1S/C25H33N3/c1-5-21(3)26-25(24-14-10-9-11-20(24)2)27(4)23-15-17-28(18-16-23)19-22-12-7-6-8-13-22/h6-14,23H,3,5,15-19H2,1-2,4H3. The molecular weight excluding hydrogens is 342 g/mol. The summed E-state index contributed by atoms with van der Waals surface area (Å²) in [5.74, 6) is 1.06. The Kier molecular flexibility index (Phi) is 7.05. The molecule has 1 fully saturated rings. The zero-order valence-electron chi connectivity index (χ0n) is 17.6. The highest BCUT2D eigenvalue weighted by Gasteiger charge is 2.25. The van der Waals surface area contributed by atoms with Gasteiger partial charge in [-0.1, -0.05) is 68.1 Å². The number of hydrogen-bond acceptors (Lipinski definition) is 2. The van der Waals surface area contributed by atoms with Crippen molar-refractivity contribution in [2.75, 3.05) is 20.1 Å². The van der Waals surface area contributed by atoms with Crippen LogP contribution in [0.4, 0.5) is 0 Å². The van der Waals surface area contributed by atoms with Crippen LogP contribution in [0.3, 0.4) is 0 Å². The van der Waals surface area contributed by atoms with Gasteiger partial charge in [0.15, 0.2) is 0 Å². The zero-order valence-corrected chi connectivity index (χ0v) is 17.6. The predicted octanol–water partition coefficient (Wildman–Crippen LogP) is 5.26. The van der Waals surface area contributed by atoms with Gasteiger partial charge >= 0.3 is 0 Å². The van der Waals surface area contributed by atoms with E-state index in [9.17, 15) is 0 Å². The van der Waals surface area contributed by atoms with E-state index >= 15 is 0 Å². The average molecular weight is 376 g/mol.